The third-order valence-corrected chi connectivity index (χ3v) is 3.84. The van der Waals surface area contributed by atoms with Crippen molar-refractivity contribution in [1.29, 1.82) is 0 Å². The van der Waals surface area contributed by atoms with Crippen molar-refractivity contribution in [1.82, 2.24) is 5.32 Å². The van der Waals surface area contributed by atoms with Crippen LogP contribution >= 0.6 is 0 Å². The first-order valence-corrected chi connectivity index (χ1v) is 8.83. The molecule has 1 N–H and O–H groups in total. The lowest BCUT2D eigenvalue weighted by Crippen LogP contribution is -2.44. The van der Waals surface area contributed by atoms with E-state index in [0.717, 1.165) is 11.1 Å². The maximum Gasteiger partial charge on any atom is 0.328 e. The SMILES string of the molecule is CCOCC(=O)N[C@@H](Cc1cccc(OCc2ccccc2)c1)C(=O)OC. The molecule has 0 unspecified atom stereocenters. The molecule has 0 fully saturated rings. The molecule has 1 atom stereocenters. The summed E-state index contributed by atoms with van der Waals surface area (Å²) in [5.74, 6) is -0.167. The van der Waals surface area contributed by atoms with Crippen molar-refractivity contribution in [2.45, 2.75) is 26.0 Å². The number of nitrogens with one attached hydrogen (secondary N) is 1. The largest absolute Gasteiger partial charge is 0.489 e. The van der Waals surface area contributed by atoms with E-state index < -0.39 is 12.0 Å². The highest BCUT2D eigenvalue weighted by Gasteiger charge is 2.22. The van der Waals surface area contributed by atoms with Crippen molar-refractivity contribution in [3.63, 3.8) is 0 Å². The minimum atomic E-state index is -0.785. The Balaban J connectivity index is 1.99. The molecule has 0 bridgehead atoms. The number of amides is 1. The van der Waals surface area contributed by atoms with Crippen LogP contribution in [0.2, 0.25) is 0 Å². The van der Waals surface area contributed by atoms with E-state index in [0.29, 0.717) is 25.4 Å². The number of ether oxygens (including phenoxy) is 3. The summed E-state index contributed by atoms with van der Waals surface area (Å²) in [5.41, 5.74) is 1.92. The van der Waals surface area contributed by atoms with Gasteiger partial charge in [-0.15, -0.1) is 0 Å². The molecule has 144 valence electrons. The van der Waals surface area contributed by atoms with Crippen LogP contribution in [0.25, 0.3) is 0 Å². The highest BCUT2D eigenvalue weighted by atomic mass is 16.5. The molecular weight excluding hydrogens is 346 g/mol. The minimum Gasteiger partial charge on any atom is -0.489 e. The topological polar surface area (TPSA) is 73.9 Å². The van der Waals surface area contributed by atoms with Gasteiger partial charge in [-0.05, 0) is 30.2 Å². The van der Waals surface area contributed by atoms with E-state index in [1.807, 2.05) is 54.6 Å². The van der Waals surface area contributed by atoms with Gasteiger partial charge in [0, 0.05) is 13.0 Å². The Morgan fingerprint density at radius 3 is 2.48 bits per heavy atom. The zero-order chi connectivity index (χ0) is 19.5. The van der Waals surface area contributed by atoms with Gasteiger partial charge in [0.2, 0.25) is 5.91 Å². The molecule has 0 radical (unpaired) electrons. The summed E-state index contributed by atoms with van der Waals surface area (Å²) in [5, 5.41) is 2.65. The van der Waals surface area contributed by atoms with E-state index in [1.165, 1.54) is 7.11 Å². The summed E-state index contributed by atoms with van der Waals surface area (Å²) in [6.45, 7) is 2.59. The van der Waals surface area contributed by atoms with E-state index in [1.54, 1.807) is 6.92 Å². The van der Waals surface area contributed by atoms with E-state index in [9.17, 15) is 9.59 Å². The number of methoxy groups -OCH3 is 1. The number of hydrogen-bond acceptors (Lipinski definition) is 5. The minimum absolute atomic E-state index is 0.0930. The van der Waals surface area contributed by atoms with E-state index in [2.05, 4.69) is 5.32 Å². The van der Waals surface area contributed by atoms with Gasteiger partial charge < -0.3 is 19.5 Å². The van der Waals surface area contributed by atoms with Gasteiger partial charge in [0.25, 0.3) is 0 Å². The molecule has 1 amide bonds. The number of benzene rings is 2. The lowest BCUT2D eigenvalue weighted by atomic mass is 10.1. The van der Waals surface area contributed by atoms with Crippen LogP contribution in [0.4, 0.5) is 0 Å². The van der Waals surface area contributed by atoms with Crippen molar-refractivity contribution in [3.05, 3.63) is 65.7 Å². The number of rotatable bonds is 10. The second kappa shape index (κ2) is 11.0. The predicted molar refractivity (Wildman–Crippen MR) is 101 cm³/mol. The summed E-state index contributed by atoms with van der Waals surface area (Å²) in [6.07, 6.45) is 0.299. The molecule has 0 heterocycles. The molecule has 6 nitrogen and oxygen atoms in total. The second-order valence-electron chi connectivity index (χ2n) is 5.91. The van der Waals surface area contributed by atoms with Gasteiger partial charge in [0.15, 0.2) is 0 Å². The highest BCUT2D eigenvalue weighted by Crippen LogP contribution is 2.17. The molecule has 0 spiro atoms. The van der Waals surface area contributed by atoms with Crippen LogP contribution in [0.3, 0.4) is 0 Å². The number of hydrogen-bond donors (Lipinski definition) is 1. The number of carbonyl (C=O) groups is 2. The smallest absolute Gasteiger partial charge is 0.328 e. The Bertz CT molecular complexity index is 732. The van der Waals surface area contributed by atoms with Gasteiger partial charge in [0.05, 0.1) is 7.11 Å². The quantitative estimate of drug-likeness (QED) is 0.650. The maximum atomic E-state index is 12.0. The van der Waals surface area contributed by atoms with Gasteiger partial charge in [-0.3, -0.25) is 4.79 Å². The summed E-state index contributed by atoms with van der Waals surface area (Å²) in [7, 11) is 1.30. The van der Waals surface area contributed by atoms with Crippen molar-refractivity contribution in [2.24, 2.45) is 0 Å². The standard InChI is InChI=1S/C21H25NO5/c1-3-26-15-20(23)22-19(21(24)25-2)13-17-10-7-11-18(12-17)27-14-16-8-5-4-6-9-16/h4-12,19H,3,13-15H2,1-2H3,(H,22,23)/t19-/m0/s1. The Morgan fingerprint density at radius 1 is 1.04 bits per heavy atom. The van der Waals surface area contributed by atoms with Crippen LogP contribution in [0.5, 0.6) is 5.75 Å². The normalized spacial score (nSPS) is 11.5. The molecule has 6 heteroatoms. The van der Waals surface area contributed by atoms with Crippen molar-refractivity contribution < 1.29 is 23.8 Å². The van der Waals surface area contributed by atoms with Crippen molar-refractivity contribution in [2.75, 3.05) is 20.3 Å². The Labute approximate surface area is 159 Å². The van der Waals surface area contributed by atoms with E-state index in [4.69, 9.17) is 14.2 Å². The number of esters is 1. The molecule has 2 aromatic rings. The summed E-state index contributed by atoms with van der Waals surface area (Å²) >= 11 is 0. The van der Waals surface area contributed by atoms with E-state index >= 15 is 0 Å². The third-order valence-electron chi connectivity index (χ3n) is 3.84. The lowest BCUT2D eigenvalue weighted by Gasteiger charge is -2.17. The van der Waals surface area contributed by atoms with Crippen LogP contribution in [-0.2, 0) is 32.1 Å². The Kier molecular flexibility index (Phi) is 8.32. The average molecular weight is 371 g/mol. The average Bonchev–Trinajstić information content (AvgIpc) is 2.70. The third kappa shape index (κ3) is 7.11. The monoisotopic (exact) mass is 371 g/mol. The zero-order valence-corrected chi connectivity index (χ0v) is 15.6. The first-order chi connectivity index (χ1) is 13.1. The molecular formula is C21H25NO5. The fourth-order valence-corrected chi connectivity index (χ4v) is 2.51. The molecule has 2 aromatic carbocycles. The number of carbonyl (C=O) groups excluding carboxylic acids is 2. The molecule has 0 saturated carbocycles. The molecule has 0 saturated heterocycles. The van der Waals surface area contributed by atoms with Crippen molar-refractivity contribution >= 4 is 11.9 Å². The molecule has 27 heavy (non-hydrogen) atoms. The molecule has 0 aliphatic carbocycles. The summed E-state index contributed by atoms with van der Waals surface area (Å²) < 4.78 is 15.7. The van der Waals surface area contributed by atoms with Crippen molar-refractivity contribution in [3.8, 4) is 5.75 Å². The van der Waals surface area contributed by atoms with Gasteiger partial charge in [-0.1, -0.05) is 42.5 Å². The van der Waals surface area contributed by atoms with Gasteiger partial charge in [-0.2, -0.15) is 0 Å². The highest BCUT2D eigenvalue weighted by molar-refractivity contribution is 5.85. The zero-order valence-electron chi connectivity index (χ0n) is 15.6. The van der Waals surface area contributed by atoms with Crippen LogP contribution < -0.4 is 10.1 Å². The second-order valence-corrected chi connectivity index (χ2v) is 5.91. The van der Waals surface area contributed by atoms with Crippen LogP contribution in [-0.4, -0.2) is 38.2 Å². The predicted octanol–water partition coefficient (Wildman–Crippen LogP) is 2.50. The molecule has 0 aromatic heterocycles. The summed E-state index contributed by atoms with van der Waals surface area (Å²) in [6, 6.07) is 16.5. The van der Waals surface area contributed by atoms with E-state index in [-0.39, 0.29) is 12.5 Å². The Morgan fingerprint density at radius 2 is 1.78 bits per heavy atom. The maximum absolute atomic E-state index is 12.0. The fraction of sp³-hybridized carbons (Fsp3) is 0.333. The van der Waals surface area contributed by atoms with Gasteiger partial charge >= 0.3 is 5.97 Å². The Hall–Kier alpha value is -2.86. The molecule has 0 aliphatic rings. The first-order valence-electron chi connectivity index (χ1n) is 8.83. The van der Waals surface area contributed by atoms with Crippen LogP contribution in [0.15, 0.2) is 54.6 Å². The fourth-order valence-electron chi connectivity index (χ4n) is 2.51. The van der Waals surface area contributed by atoms with Crippen LogP contribution in [0.1, 0.15) is 18.1 Å². The van der Waals surface area contributed by atoms with Gasteiger partial charge in [0.1, 0.15) is 25.0 Å². The van der Waals surface area contributed by atoms with Gasteiger partial charge in [-0.25, -0.2) is 4.79 Å². The molecule has 0 aliphatic heterocycles. The van der Waals surface area contributed by atoms with Crippen LogP contribution in [0, 0.1) is 0 Å². The lowest BCUT2D eigenvalue weighted by molar-refractivity contribution is -0.145. The first kappa shape index (κ1) is 20.5. The molecule has 2 rings (SSSR count). The summed E-state index contributed by atoms with van der Waals surface area (Å²) in [4.78, 5) is 23.9.